The van der Waals surface area contributed by atoms with Gasteiger partial charge in [0, 0.05) is 6.61 Å². The number of ether oxygens (including phenoxy) is 3. The summed E-state index contributed by atoms with van der Waals surface area (Å²) in [5.41, 5.74) is 1.25. The molecule has 164 valence electrons. The molecule has 2 aliphatic heterocycles. The van der Waals surface area contributed by atoms with Gasteiger partial charge in [0.05, 0.1) is 31.0 Å². The SMILES string of the molecule is CCCC1C[C@H](C)C[C@H](CC2CCC[C@H](C[C@@H](C)COCc3ccccc3)O2)O1. The molecule has 2 fully saturated rings. The Kier molecular flexibility index (Phi) is 9.48. The van der Waals surface area contributed by atoms with Crippen molar-refractivity contribution in [3.05, 3.63) is 35.9 Å². The minimum atomic E-state index is 0.378. The van der Waals surface area contributed by atoms with E-state index in [0.29, 0.717) is 36.9 Å². The van der Waals surface area contributed by atoms with E-state index in [2.05, 4.69) is 45.0 Å². The average molecular weight is 403 g/mol. The number of rotatable bonds is 10. The molecule has 2 heterocycles. The van der Waals surface area contributed by atoms with Crippen molar-refractivity contribution < 1.29 is 14.2 Å². The number of hydrogen-bond acceptors (Lipinski definition) is 3. The molecule has 0 N–H and O–H groups in total. The molecule has 0 aromatic heterocycles. The first-order valence-electron chi connectivity index (χ1n) is 12.0. The van der Waals surface area contributed by atoms with Crippen molar-refractivity contribution in [2.24, 2.45) is 11.8 Å². The molecule has 0 amide bonds. The van der Waals surface area contributed by atoms with Gasteiger partial charge in [0.25, 0.3) is 0 Å². The first-order valence-corrected chi connectivity index (χ1v) is 12.0. The van der Waals surface area contributed by atoms with Crippen molar-refractivity contribution in [1.29, 1.82) is 0 Å². The van der Waals surface area contributed by atoms with E-state index in [1.165, 1.54) is 50.5 Å². The third kappa shape index (κ3) is 8.03. The van der Waals surface area contributed by atoms with Gasteiger partial charge >= 0.3 is 0 Å². The fourth-order valence-electron chi connectivity index (χ4n) is 5.13. The van der Waals surface area contributed by atoms with Gasteiger partial charge in [-0.1, -0.05) is 57.5 Å². The monoisotopic (exact) mass is 402 g/mol. The average Bonchev–Trinajstić information content (AvgIpc) is 2.69. The van der Waals surface area contributed by atoms with Crippen molar-refractivity contribution in [2.45, 2.75) is 110 Å². The third-order valence-electron chi connectivity index (χ3n) is 6.47. The molecule has 0 aliphatic carbocycles. The second-order valence-corrected chi connectivity index (χ2v) is 9.63. The van der Waals surface area contributed by atoms with Crippen molar-refractivity contribution >= 4 is 0 Å². The summed E-state index contributed by atoms with van der Waals surface area (Å²) >= 11 is 0. The lowest BCUT2D eigenvalue weighted by molar-refractivity contribution is -0.120. The molecule has 3 rings (SSSR count). The molecule has 3 nitrogen and oxygen atoms in total. The van der Waals surface area contributed by atoms with E-state index in [9.17, 15) is 0 Å². The molecular weight excluding hydrogens is 360 g/mol. The van der Waals surface area contributed by atoms with Crippen molar-refractivity contribution in [3.8, 4) is 0 Å². The Balaban J connectivity index is 1.37. The van der Waals surface area contributed by atoms with Crippen LogP contribution in [-0.4, -0.2) is 31.0 Å². The summed E-state index contributed by atoms with van der Waals surface area (Å²) in [6, 6.07) is 10.4. The lowest BCUT2D eigenvalue weighted by Crippen LogP contribution is -2.37. The Bertz CT molecular complexity index is 560. The molecule has 1 aromatic rings. The van der Waals surface area contributed by atoms with Gasteiger partial charge in [-0.25, -0.2) is 0 Å². The van der Waals surface area contributed by atoms with Gasteiger partial charge in [-0.2, -0.15) is 0 Å². The minimum absolute atomic E-state index is 0.378. The summed E-state index contributed by atoms with van der Waals surface area (Å²) < 4.78 is 18.9. The van der Waals surface area contributed by atoms with Crippen LogP contribution in [0.2, 0.25) is 0 Å². The van der Waals surface area contributed by atoms with Crippen LogP contribution < -0.4 is 0 Å². The highest BCUT2D eigenvalue weighted by Gasteiger charge is 2.31. The molecule has 29 heavy (non-hydrogen) atoms. The highest BCUT2D eigenvalue weighted by atomic mass is 16.5. The standard InChI is InChI=1S/C26H42O3/c1-4-9-23-14-20(2)15-26(29-23)17-25-13-8-12-24(28-25)16-21(3)18-27-19-22-10-6-5-7-11-22/h5-7,10-11,20-21,23-26H,4,8-9,12-19H2,1-3H3/t20-,21+,23?,24+,25?,26+/m0/s1. The molecule has 0 saturated carbocycles. The van der Waals surface area contributed by atoms with E-state index >= 15 is 0 Å². The zero-order valence-electron chi connectivity index (χ0n) is 18.9. The zero-order chi connectivity index (χ0) is 20.5. The summed E-state index contributed by atoms with van der Waals surface area (Å²) in [6.45, 7) is 8.45. The summed E-state index contributed by atoms with van der Waals surface area (Å²) in [4.78, 5) is 0. The quantitative estimate of drug-likeness (QED) is 0.444. The van der Waals surface area contributed by atoms with E-state index < -0.39 is 0 Å². The van der Waals surface area contributed by atoms with Crippen LogP contribution in [0.15, 0.2) is 30.3 Å². The zero-order valence-corrected chi connectivity index (χ0v) is 18.9. The third-order valence-corrected chi connectivity index (χ3v) is 6.47. The van der Waals surface area contributed by atoms with Crippen molar-refractivity contribution in [3.63, 3.8) is 0 Å². The maximum absolute atomic E-state index is 6.52. The van der Waals surface area contributed by atoms with Crippen molar-refractivity contribution in [2.75, 3.05) is 6.61 Å². The van der Waals surface area contributed by atoms with E-state index in [1.807, 2.05) is 6.07 Å². The molecule has 6 atom stereocenters. The minimum Gasteiger partial charge on any atom is -0.376 e. The summed E-state index contributed by atoms with van der Waals surface area (Å²) in [5.74, 6) is 1.31. The summed E-state index contributed by atoms with van der Waals surface area (Å²) in [6.07, 6.45) is 12.3. The van der Waals surface area contributed by atoms with Gasteiger partial charge in [-0.3, -0.25) is 0 Å². The maximum Gasteiger partial charge on any atom is 0.0717 e. The number of hydrogen-bond donors (Lipinski definition) is 0. The highest BCUT2D eigenvalue weighted by molar-refractivity contribution is 5.13. The summed E-state index contributed by atoms with van der Waals surface area (Å²) in [5, 5.41) is 0. The van der Waals surface area contributed by atoms with Crippen LogP contribution >= 0.6 is 0 Å². The second kappa shape index (κ2) is 12.1. The highest BCUT2D eigenvalue weighted by Crippen LogP contribution is 2.33. The normalized spacial score (nSPS) is 31.5. The van der Waals surface area contributed by atoms with Crippen LogP contribution in [0.1, 0.15) is 84.1 Å². The molecule has 0 bridgehead atoms. The van der Waals surface area contributed by atoms with Crippen LogP contribution in [0.5, 0.6) is 0 Å². The molecule has 0 spiro atoms. The van der Waals surface area contributed by atoms with Gasteiger partial charge in [0.1, 0.15) is 0 Å². The fourth-order valence-corrected chi connectivity index (χ4v) is 5.13. The predicted octanol–water partition coefficient (Wildman–Crippen LogP) is 6.54. The maximum atomic E-state index is 6.52. The largest absolute Gasteiger partial charge is 0.376 e. The van der Waals surface area contributed by atoms with Gasteiger partial charge in [0.2, 0.25) is 0 Å². The predicted molar refractivity (Wildman–Crippen MR) is 119 cm³/mol. The lowest BCUT2D eigenvalue weighted by atomic mass is 9.88. The van der Waals surface area contributed by atoms with Crippen LogP contribution in [-0.2, 0) is 20.8 Å². The van der Waals surface area contributed by atoms with Gasteiger partial charge in [0.15, 0.2) is 0 Å². The summed E-state index contributed by atoms with van der Waals surface area (Å²) in [7, 11) is 0. The molecule has 3 heteroatoms. The van der Waals surface area contributed by atoms with Crippen LogP contribution in [0.4, 0.5) is 0 Å². The smallest absolute Gasteiger partial charge is 0.0717 e. The second-order valence-electron chi connectivity index (χ2n) is 9.63. The Morgan fingerprint density at radius 1 is 1.00 bits per heavy atom. The fraction of sp³-hybridized carbons (Fsp3) is 0.769. The van der Waals surface area contributed by atoms with Gasteiger partial charge < -0.3 is 14.2 Å². The van der Waals surface area contributed by atoms with E-state index in [4.69, 9.17) is 14.2 Å². The molecule has 1 aromatic carbocycles. The van der Waals surface area contributed by atoms with E-state index in [1.54, 1.807) is 0 Å². The Morgan fingerprint density at radius 2 is 1.72 bits per heavy atom. The van der Waals surface area contributed by atoms with Crippen LogP contribution in [0.25, 0.3) is 0 Å². The number of benzene rings is 1. The van der Waals surface area contributed by atoms with Crippen molar-refractivity contribution in [1.82, 2.24) is 0 Å². The van der Waals surface area contributed by atoms with E-state index in [0.717, 1.165) is 25.4 Å². The van der Waals surface area contributed by atoms with Crippen LogP contribution in [0.3, 0.4) is 0 Å². The van der Waals surface area contributed by atoms with E-state index in [-0.39, 0.29) is 0 Å². The van der Waals surface area contributed by atoms with Gasteiger partial charge in [-0.05, 0) is 68.8 Å². The molecule has 2 aliphatic rings. The molecule has 2 unspecified atom stereocenters. The first kappa shape index (κ1) is 22.8. The van der Waals surface area contributed by atoms with Gasteiger partial charge in [-0.15, -0.1) is 0 Å². The Labute approximate surface area is 178 Å². The topological polar surface area (TPSA) is 27.7 Å². The van der Waals surface area contributed by atoms with Crippen LogP contribution in [0, 0.1) is 11.8 Å². The molecule has 2 saturated heterocycles. The Morgan fingerprint density at radius 3 is 2.52 bits per heavy atom. The molecule has 0 radical (unpaired) electrons. The first-order chi connectivity index (χ1) is 14.1. The Hall–Kier alpha value is -0.900. The lowest BCUT2D eigenvalue weighted by Gasteiger charge is -2.38. The molecular formula is C26H42O3.